The van der Waals surface area contributed by atoms with E-state index >= 15 is 0 Å². The smallest absolute Gasteiger partial charge is 0.0738 e. The van der Waals surface area contributed by atoms with Crippen molar-refractivity contribution in [3.63, 3.8) is 0 Å². The normalized spacial score (nSPS) is 18.1. The van der Waals surface area contributed by atoms with Gasteiger partial charge in [-0.05, 0) is 41.0 Å². The van der Waals surface area contributed by atoms with Crippen LogP contribution in [-0.4, -0.2) is 11.4 Å². The number of hydrogen-bond acceptors (Lipinski definition) is 3. The molecule has 36 heavy (non-hydrogen) atoms. The SMILES string of the molecule is C1=CC2=C(c3ccccc3)C3=CCC(=C(c4ccccc4)C4=NC(=C(c5ccccc5)C1=N2)C=C4)N3. The van der Waals surface area contributed by atoms with Gasteiger partial charge in [-0.25, -0.2) is 9.98 Å². The van der Waals surface area contributed by atoms with Crippen LogP contribution in [0.4, 0.5) is 0 Å². The van der Waals surface area contributed by atoms with E-state index in [0.29, 0.717) is 0 Å². The molecule has 4 aliphatic heterocycles. The van der Waals surface area contributed by atoms with Crippen LogP contribution in [-0.2, 0) is 0 Å². The Labute approximate surface area is 210 Å². The van der Waals surface area contributed by atoms with Crippen LogP contribution in [0.25, 0.3) is 16.7 Å². The third-order valence-electron chi connectivity index (χ3n) is 6.86. The quantitative estimate of drug-likeness (QED) is 0.442. The molecule has 6 bridgehead atoms. The van der Waals surface area contributed by atoms with E-state index in [2.05, 4.69) is 121 Å². The van der Waals surface area contributed by atoms with E-state index in [0.717, 1.165) is 74.0 Å². The minimum Gasteiger partial charge on any atom is -0.358 e. The summed E-state index contributed by atoms with van der Waals surface area (Å²) in [5, 5.41) is 3.76. The third kappa shape index (κ3) is 3.45. The Hall–Kier alpha value is -4.76. The Balaban J connectivity index is 1.53. The molecule has 7 rings (SSSR count). The van der Waals surface area contributed by atoms with E-state index in [9.17, 15) is 0 Å². The van der Waals surface area contributed by atoms with Crippen LogP contribution in [0.1, 0.15) is 23.1 Å². The maximum absolute atomic E-state index is 5.18. The van der Waals surface area contributed by atoms with Gasteiger partial charge in [-0.2, -0.15) is 0 Å². The fraction of sp³-hybridized carbons (Fsp3) is 0.0303. The molecule has 0 saturated carbocycles. The Bertz CT molecular complexity index is 1620. The first-order valence-electron chi connectivity index (χ1n) is 12.2. The molecule has 0 unspecified atom stereocenters. The number of rotatable bonds is 3. The lowest BCUT2D eigenvalue weighted by Crippen LogP contribution is -2.14. The zero-order valence-electron chi connectivity index (χ0n) is 19.6. The average molecular weight is 462 g/mol. The van der Waals surface area contributed by atoms with Crippen molar-refractivity contribution < 1.29 is 0 Å². The highest BCUT2D eigenvalue weighted by Gasteiger charge is 2.27. The van der Waals surface area contributed by atoms with Gasteiger partial charge >= 0.3 is 0 Å². The van der Waals surface area contributed by atoms with Crippen molar-refractivity contribution in [1.29, 1.82) is 0 Å². The largest absolute Gasteiger partial charge is 0.358 e. The summed E-state index contributed by atoms with van der Waals surface area (Å²) in [4.78, 5) is 10.4. The summed E-state index contributed by atoms with van der Waals surface area (Å²) < 4.78 is 0. The summed E-state index contributed by atoms with van der Waals surface area (Å²) in [6, 6.07) is 31.5. The van der Waals surface area contributed by atoms with Crippen LogP contribution in [0.5, 0.6) is 0 Å². The molecule has 0 radical (unpaired) electrons. The van der Waals surface area contributed by atoms with E-state index in [-0.39, 0.29) is 0 Å². The Kier molecular flexibility index (Phi) is 4.85. The molecule has 4 aliphatic rings. The summed E-state index contributed by atoms with van der Waals surface area (Å²) in [7, 11) is 0. The summed E-state index contributed by atoms with van der Waals surface area (Å²) in [6.07, 6.45) is 11.6. The number of benzene rings is 3. The van der Waals surface area contributed by atoms with Crippen molar-refractivity contribution >= 4 is 28.1 Å². The van der Waals surface area contributed by atoms with Gasteiger partial charge in [0, 0.05) is 34.5 Å². The fourth-order valence-electron chi connectivity index (χ4n) is 5.24. The first-order chi connectivity index (χ1) is 17.8. The first-order valence-corrected chi connectivity index (χ1v) is 12.2. The van der Waals surface area contributed by atoms with Crippen LogP contribution >= 0.6 is 0 Å². The molecular weight excluding hydrogens is 438 g/mol. The number of fused-ring (bicyclic) bond motifs is 4. The Morgan fingerprint density at radius 3 is 1.56 bits per heavy atom. The minimum absolute atomic E-state index is 0.806. The zero-order chi connectivity index (χ0) is 23.9. The van der Waals surface area contributed by atoms with Crippen molar-refractivity contribution in [3.05, 3.63) is 161 Å². The molecule has 0 amide bonds. The minimum atomic E-state index is 0.806. The topological polar surface area (TPSA) is 36.8 Å². The molecule has 0 aliphatic carbocycles. The summed E-state index contributed by atoms with van der Waals surface area (Å²) in [5.41, 5.74) is 12.7. The van der Waals surface area contributed by atoms with E-state index in [4.69, 9.17) is 9.98 Å². The van der Waals surface area contributed by atoms with E-state index in [1.54, 1.807) is 0 Å². The van der Waals surface area contributed by atoms with Gasteiger partial charge in [0.05, 0.1) is 22.8 Å². The van der Waals surface area contributed by atoms with Crippen LogP contribution in [0, 0.1) is 0 Å². The van der Waals surface area contributed by atoms with Gasteiger partial charge in [0.25, 0.3) is 0 Å². The second kappa shape index (κ2) is 8.47. The second-order valence-corrected chi connectivity index (χ2v) is 9.08. The van der Waals surface area contributed by atoms with Gasteiger partial charge in [-0.1, -0.05) is 97.1 Å². The molecule has 0 saturated heterocycles. The molecule has 3 aromatic rings. The van der Waals surface area contributed by atoms with Crippen LogP contribution in [0.15, 0.2) is 154 Å². The third-order valence-corrected chi connectivity index (χ3v) is 6.86. The van der Waals surface area contributed by atoms with Crippen LogP contribution in [0.3, 0.4) is 0 Å². The summed E-state index contributed by atoms with van der Waals surface area (Å²) in [6.45, 7) is 0. The molecule has 170 valence electrons. The monoisotopic (exact) mass is 461 g/mol. The highest BCUT2D eigenvalue weighted by molar-refractivity contribution is 6.35. The zero-order valence-corrected chi connectivity index (χ0v) is 19.6. The van der Waals surface area contributed by atoms with E-state index in [1.165, 1.54) is 0 Å². The summed E-state index contributed by atoms with van der Waals surface area (Å²) in [5.74, 6) is 0. The number of nitrogens with zero attached hydrogens (tertiary/aromatic N) is 2. The van der Waals surface area contributed by atoms with E-state index in [1.807, 2.05) is 6.07 Å². The van der Waals surface area contributed by atoms with Crippen LogP contribution < -0.4 is 5.32 Å². The van der Waals surface area contributed by atoms with E-state index < -0.39 is 0 Å². The number of hydrogen-bond donors (Lipinski definition) is 1. The van der Waals surface area contributed by atoms with Crippen molar-refractivity contribution in [1.82, 2.24) is 5.32 Å². The maximum atomic E-state index is 5.18. The van der Waals surface area contributed by atoms with Gasteiger partial charge in [-0.15, -0.1) is 0 Å². The first kappa shape index (κ1) is 20.6. The predicted molar refractivity (Wildman–Crippen MR) is 149 cm³/mol. The Morgan fingerprint density at radius 1 is 0.500 bits per heavy atom. The molecule has 0 spiro atoms. The average Bonchev–Trinajstić information content (AvgIpc) is 3.70. The van der Waals surface area contributed by atoms with Crippen molar-refractivity contribution in [2.45, 2.75) is 6.42 Å². The number of nitrogens with one attached hydrogen (secondary N) is 1. The lowest BCUT2D eigenvalue weighted by molar-refractivity contribution is 1.04. The van der Waals surface area contributed by atoms with Crippen molar-refractivity contribution in [3.8, 4) is 0 Å². The number of allylic oxidation sites excluding steroid dienone is 8. The fourth-order valence-corrected chi connectivity index (χ4v) is 5.24. The standard InChI is InChI=1S/C33H23N3/c1-4-10-22(11-5-1)31-25-16-18-27(34-25)32(23-12-6-2-7-13-23)29-20-21-30(36-29)33(24-14-8-3-9-15-24)28-19-17-26(31)35-28/h1-20,36H,21H2. The van der Waals surface area contributed by atoms with Crippen LogP contribution in [0.2, 0.25) is 0 Å². The maximum Gasteiger partial charge on any atom is 0.0738 e. The highest BCUT2D eigenvalue weighted by atomic mass is 14.9. The molecule has 0 fully saturated rings. The van der Waals surface area contributed by atoms with Gasteiger partial charge in [0.2, 0.25) is 0 Å². The highest BCUT2D eigenvalue weighted by Crippen LogP contribution is 2.39. The van der Waals surface area contributed by atoms with Gasteiger partial charge < -0.3 is 5.32 Å². The molecule has 1 N–H and O–H groups in total. The van der Waals surface area contributed by atoms with Crippen molar-refractivity contribution in [2.24, 2.45) is 9.98 Å². The molecule has 3 aromatic carbocycles. The molecule has 3 heteroatoms. The second-order valence-electron chi connectivity index (χ2n) is 9.08. The molecule has 3 nitrogen and oxygen atoms in total. The molecular formula is C33H23N3. The number of aliphatic imine (C=N–C) groups is 2. The lowest BCUT2D eigenvalue weighted by atomic mass is 9.98. The molecule has 0 atom stereocenters. The van der Waals surface area contributed by atoms with Gasteiger partial charge in [0.15, 0.2) is 0 Å². The van der Waals surface area contributed by atoms with Gasteiger partial charge in [0.1, 0.15) is 0 Å². The molecule has 0 aromatic heterocycles. The Morgan fingerprint density at radius 2 is 0.972 bits per heavy atom. The predicted octanol–water partition coefficient (Wildman–Crippen LogP) is 7.13. The summed E-state index contributed by atoms with van der Waals surface area (Å²) >= 11 is 0. The molecule has 4 heterocycles. The van der Waals surface area contributed by atoms with Gasteiger partial charge in [-0.3, -0.25) is 0 Å². The lowest BCUT2D eigenvalue weighted by Gasteiger charge is -2.17. The van der Waals surface area contributed by atoms with Crippen molar-refractivity contribution in [2.75, 3.05) is 0 Å².